The molecule has 1 saturated heterocycles. The number of Topliss-reactive ketones (excluding diaryl/α,β-unsaturated/α-hetero) is 2. The summed E-state index contributed by atoms with van der Waals surface area (Å²) >= 11 is 0. The number of phenolic OH excluding ortho intramolecular Hbond substituents is 1. The van der Waals surface area contributed by atoms with E-state index >= 15 is 0 Å². The van der Waals surface area contributed by atoms with Gasteiger partial charge < -0.3 is 44.5 Å². The van der Waals surface area contributed by atoms with Crippen LogP contribution in [-0.2, 0) is 16.0 Å². The molecule has 204 valence electrons. The minimum absolute atomic E-state index is 0.0568. The highest BCUT2D eigenvalue weighted by Gasteiger charge is 2.46. The van der Waals surface area contributed by atoms with Crippen molar-refractivity contribution in [3.63, 3.8) is 0 Å². The normalized spacial score (nSPS) is 26.8. The number of aromatic hydroxyl groups is 1. The summed E-state index contributed by atoms with van der Waals surface area (Å²) in [6.07, 6.45) is -7.10. The molecule has 2 aliphatic rings. The van der Waals surface area contributed by atoms with Crippen molar-refractivity contribution in [1.29, 1.82) is 0 Å². The number of ketones is 2. The number of benzene rings is 2. The molecule has 0 spiro atoms. The highest BCUT2D eigenvalue weighted by atomic mass is 16.7. The number of carbonyl (C=O) groups excluding carboxylic acids is 2. The van der Waals surface area contributed by atoms with Gasteiger partial charge in [-0.1, -0.05) is 23.8 Å². The van der Waals surface area contributed by atoms with Gasteiger partial charge in [0.1, 0.15) is 53.0 Å². The topological polar surface area (TPSA) is 172 Å². The van der Waals surface area contributed by atoms with Gasteiger partial charge in [-0.15, -0.1) is 0 Å². The molecule has 0 aromatic heterocycles. The number of hydrogen-bond donors (Lipinski definition) is 5. The summed E-state index contributed by atoms with van der Waals surface area (Å²) in [6, 6.07) is 7.50. The lowest BCUT2D eigenvalue weighted by molar-refractivity contribution is -0.277. The fourth-order valence-corrected chi connectivity index (χ4v) is 4.32. The Labute approximate surface area is 218 Å². The van der Waals surface area contributed by atoms with E-state index in [0.29, 0.717) is 11.3 Å². The lowest BCUT2D eigenvalue weighted by Gasteiger charge is -2.40. The van der Waals surface area contributed by atoms with Gasteiger partial charge >= 0.3 is 0 Å². The SMILES string of the molecule is COc1ccc(C2Oc3c(CC=C(C)C)c(O[C@@H]4O[C@H](CO)[C@@H](O)[C@H](O)[C@H]4O)cc(O)c3C(=O)C2=O)cc1. The Morgan fingerprint density at radius 2 is 1.74 bits per heavy atom. The highest BCUT2D eigenvalue weighted by Crippen LogP contribution is 2.46. The number of aliphatic hydroxyl groups is 4. The number of ether oxygens (including phenoxy) is 4. The molecular formula is C27H30O11. The molecule has 2 heterocycles. The van der Waals surface area contributed by atoms with Crippen molar-refractivity contribution in [3.8, 4) is 23.0 Å². The molecule has 1 fully saturated rings. The van der Waals surface area contributed by atoms with E-state index in [9.17, 15) is 35.1 Å². The van der Waals surface area contributed by atoms with Gasteiger partial charge in [0.25, 0.3) is 0 Å². The highest BCUT2D eigenvalue weighted by molar-refractivity contribution is 6.47. The average molecular weight is 531 g/mol. The summed E-state index contributed by atoms with van der Waals surface area (Å²) in [5.41, 5.74) is 1.26. The van der Waals surface area contributed by atoms with E-state index in [1.54, 1.807) is 30.3 Å². The Bertz CT molecular complexity index is 1230. The van der Waals surface area contributed by atoms with Crippen LogP contribution in [0.4, 0.5) is 0 Å². The first-order chi connectivity index (χ1) is 18.1. The summed E-state index contributed by atoms with van der Waals surface area (Å²) in [6.45, 7) is 3.04. The van der Waals surface area contributed by atoms with E-state index in [1.165, 1.54) is 7.11 Å². The molecule has 4 rings (SSSR count). The van der Waals surface area contributed by atoms with Gasteiger partial charge in [0.15, 0.2) is 6.10 Å². The second-order valence-corrected chi connectivity index (χ2v) is 9.34. The zero-order valence-electron chi connectivity index (χ0n) is 21.0. The number of rotatable bonds is 7. The molecular weight excluding hydrogens is 500 g/mol. The van der Waals surface area contributed by atoms with E-state index in [2.05, 4.69) is 0 Å². The second kappa shape index (κ2) is 11.1. The Balaban J connectivity index is 1.79. The minimum Gasteiger partial charge on any atom is -0.507 e. The number of aliphatic hydroxyl groups excluding tert-OH is 4. The first kappa shape index (κ1) is 27.6. The third kappa shape index (κ3) is 5.11. The Hall–Kier alpha value is -3.48. The van der Waals surface area contributed by atoms with Crippen LogP contribution in [-0.4, -0.2) is 81.5 Å². The van der Waals surface area contributed by atoms with Crippen LogP contribution in [0.5, 0.6) is 23.0 Å². The van der Waals surface area contributed by atoms with Gasteiger partial charge in [0.2, 0.25) is 17.9 Å². The molecule has 11 heteroatoms. The number of hydrogen-bond acceptors (Lipinski definition) is 11. The largest absolute Gasteiger partial charge is 0.507 e. The summed E-state index contributed by atoms with van der Waals surface area (Å²) in [4.78, 5) is 26.1. The van der Waals surface area contributed by atoms with Crippen LogP contribution in [0.2, 0.25) is 0 Å². The molecule has 1 unspecified atom stereocenters. The number of allylic oxidation sites excluding steroid dienone is 2. The summed E-state index contributed by atoms with van der Waals surface area (Å²) in [5.74, 6) is -1.99. The number of phenols is 1. The Morgan fingerprint density at radius 1 is 1.05 bits per heavy atom. The van der Waals surface area contributed by atoms with Crippen molar-refractivity contribution < 1.29 is 54.1 Å². The lowest BCUT2D eigenvalue weighted by atomic mass is 9.91. The number of methoxy groups -OCH3 is 1. The minimum atomic E-state index is -1.71. The van der Waals surface area contributed by atoms with Gasteiger partial charge in [-0.05, 0) is 32.4 Å². The van der Waals surface area contributed by atoms with Crippen LogP contribution in [0, 0.1) is 0 Å². The van der Waals surface area contributed by atoms with Crippen molar-refractivity contribution in [2.75, 3.05) is 13.7 Å². The van der Waals surface area contributed by atoms with Crippen LogP contribution in [0.3, 0.4) is 0 Å². The maximum absolute atomic E-state index is 13.1. The molecule has 11 nitrogen and oxygen atoms in total. The Morgan fingerprint density at radius 3 is 2.34 bits per heavy atom. The third-order valence-electron chi connectivity index (χ3n) is 6.47. The number of fused-ring (bicyclic) bond motifs is 1. The van der Waals surface area contributed by atoms with Gasteiger partial charge in [0.05, 0.1) is 13.7 Å². The zero-order valence-corrected chi connectivity index (χ0v) is 21.0. The average Bonchev–Trinajstić information content (AvgIpc) is 2.90. The standard InChI is InChI=1S/C27H30O11/c1-12(2)4-9-15-17(36-27-24(34)22(32)20(30)18(11-28)37-27)10-16(29)19-21(31)23(33)25(38-26(15)19)13-5-7-14(35-3)8-6-13/h4-8,10,18,20,22,24-25,27-30,32,34H,9,11H2,1-3H3/t18-,20-,22+,24-,25?,27-/m1/s1. The zero-order chi connectivity index (χ0) is 27.7. The van der Waals surface area contributed by atoms with Crippen molar-refractivity contribution in [2.45, 2.75) is 57.1 Å². The maximum atomic E-state index is 13.1. The maximum Gasteiger partial charge on any atom is 0.248 e. The smallest absolute Gasteiger partial charge is 0.248 e. The van der Waals surface area contributed by atoms with Gasteiger partial charge in [-0.3, -0.25) is 9.59 Å². The lowest BCUT2D eigenvalue weighted by Crippen LogP contribution is -2.60. The summed E-state index contributed by atoms with van der Waals surface area (Å²) in [5, 5.41) is 50.9. The quantitative estimate of drug-likeness (QED) is 0.255. The van der Waals surface area contributed by atoms with Gasteiger partial charge in [-0.25, -0.2) is 0 Å². The fraction of sp³-hybridized carbons (Fsp3) is 0.407. The molecule has 0 aliphatic carbocycles. The first-order valence-corrected chi connectivity index (χ1v) is 12.0. The van der Waals surface area contributed by atoms with Crippen molar-refractivity contribution in [3.05, 3.63) is 58.7 Å². The fourth-order valence-electron chi connectivity index (χ4n) is 4.32. The molecule has 2 aromatic carbocycles. The molecule has 2 aromatic rings. The molecule has 0 amide bonds. The molecule has 0 bridgehead atoms. The van der Waals surface area contributed by atoms with E-state index in [4.69, 9.17) is 18.9 Å². The molecule has 6 atom stereocenters. The Kier molecular flexibility index (Phi) is 8.05. The predicted molar refractivity (Wildman–Crippen MR) is 131 cm³/mol. The van der Waals surface area contributed by atoms with E-state index < -0.39 is 60.7 Å². The molecule has 38 heavy (non-hydrogen) atoms. The van der Waals surface area contributed by atoms with Crippen LogP contribution < -0.4 is 14.2 Å². The second-order valence-electron chi connectivity index (χ2n) is 9.34. The van der Waals surface area contributed by atoms with Crippen LogP contribution in [0.15, 0.2) is 42.0 Å². The van der Waals surface area contributed by atoms with Crippen molar-refractivity contribution in [1.82, 2.24) is 0 Å². The van der Waals surface area contributed by atoms with Crippen molar-refractivity contribution >= 4 is 11.6 Å². The number of carbonyl (C=O) groups is 2. The van der Waals surface area contributed by atoms with Gasteiger partial charge in [0, 0.05) is 17.2 Å². The predicted octanol–water partition coefficient (Wildman–Crippen LogP) is 0.974. The molecule has 0 saturated carbocycles. The molecule has 0 radical (unpaired) electrons. The monoisotopic (exact) mass is 530 g/mol. The van der Waals surface area contributed by atoms with Gasteiger partial charge in [-0.2, -0.15) is 0 Å². The first-order valence-electron chi connectivity index (χ1n) is 12.0. The summed E-state index contributed by atoms with van der Waals surface area (Å²) in [7, 11) is 1.49. The van der Waals surface area contributed by atoms with Crippen LogP contribution in [0.25, 0.3) is 0 Å². The molecule has 2 aliphatic heterocycles. The van der Waals surface area contributed by atoms with Crippen LogP contribution in [0.1, 0.15) is 41.4 Å². The van der Waals surface area contributed by atoms with E-state index in [-0.39, 0.29) is 29.0 Å². The van der Waals surface area contributed by atoms with E-state index in [1.807, 2.05) is 13.8 Å². The van der Waals surface area contributed by atoms with E-state index in [0.717, 1.165) is 11.6 Å². The van der Waals surface area contributed by atoms with Crippen molar-refractivity contribution in [2.24, 2.45) is 0 Å². The molecule has 5 N–H and O–H groups in total. The van der Waals surface area contributed by atoms with Crippen LogP contribution >= 0.6 is 0 Å². The third-order valence-corrected chi connectivity index (χ3v) is 6.47. The summed E-state index contributed by atoms with van der Waals surface area (Å²) < 4.78 is 22.5.